The Bertz CT molecular complexity index is 1160. The van der Waals surface area contributed by atoms with Gasteiger partial charge in [0.25, 0.3) is 0 Å². The van der Waals surface area contributed by atoms with Crippen molar-refractivity contribution in [2.75, 3.05) is 29.1 Å². The fourth-order valence-electron chi connectivity index (χ4n) is 3.45. The Balaban J connectivity index is 1.31. The lowest BCUT2D eigenvalue weighted by molar-refractivity contribution is -0.115. The molecule has 9 nitrogen and oxygen atoms in total. The number of aryl methyl sites for hydroxylation is 1. The molecule has 2 aromatic heterocycles. The number of hydrogen-bond donors (Lipinski definition) is 2. The largest absolute Gasteiger partial charge is 0.489 e. The number of fused-ring (bicyclic) bond motifs is 1. The SMILES string of the molecule is Cc1nc(NCc2ccc(OCc3ccc(OC(C)(C)C)nc3)cc2)nc2c1NC(=O)CN2C. The van der Waals surface area contributed by atoms with Crippen LogP contribution in [0.15, 0.2) is 42.6 Å². The molecule has 0 spiro atoms. The third-order valence-corrected chi connectivity index (χ3v) is 5.07. The summed E-state index contributed by atoms with van der Waals surface area (Å²) in [5, 5.41) is 6.10. The predicted molar refractivity (Wildman–Crippen MR) is 131 cm³/mol. The summed E-state index contributed by atoms with van der Waals surface area (Å²) >= 11 is 0. The van der Waals surface area contributed by atoms with Crippen LogP contribution >= 0.6 is 0 Å². The van der Waals surface area contributed by atoms with Gasteiger partial charge in [0.2, 0.25) is 17.7 Å². The average Bonchev–Trinajstić information content (AvgIpc) is 2.78. The minimum atomic E-state index is -0.277. The van der Waals surface area contributed by atoms with E-state index in [0.717, 1.165) is 22.6 Å². The molecular weight excluding hydrogens is 432 g/mol. The Hall–Kier alpha value is -3.88. The molecule has 178 valence electrons. The van der Waals surface area contributed by atoms with E-state index >= 15 is 0 Å². The van der Waals surface area contributed by atoms with Gasteiger partial charge in [0.05, 0.1) is 12.2 Å². The number of nitrogens with one attached hydrogen (secondary N) is 2. The van der Waals surface area contributed by atoms with Crippen LogP contribution in [-0.4, -0.2) is 40.1 Å². The van der Waals surface area contributed by atoms with E-state index in [2.05, 4.69) is 25.6 Å². The Morgan fingerprint density at radius 2 is 1.82 bits per heavy atom. The minimum absolute atomic E-state index is 0.0625. The van der Waals surface area contributed by atoms with Gasteiger partial charge in [-0.3, -0.25) is 4.79 Å². The molecule has 0 fully saturated rings. The maximum absolute atomic E-state index is 11.8. The Kier molecular flexibility index (Phi) is 6.54. The van der Waals surface area contributed by atoms with Gasteiger partial charge in [0.1, 0.15) is 23.6 Å². The summed E-state index contributed by atoms with van der Waals surface area (Å²) in [7, 11) is 1.84. The normalized spacial score (nSPS) is 13.2. The molecule has 0 saturated carbocycles. The van der Waals surface area contributed by atoms with Gasteiger partial charge in [-0.15, -0.1) is 0 Å². The van der Waals surface area contributed by atoms with Gasteiger partial charge >= 0.3 is 0 Å². The van der Waals surface area contributed by atoms with E-state index in [1.54, 1.807) is 6.20 Å². The number of pyridine rings is 1. The molecule has 1 aliphatic heterocycles. The smallest absolute Gasteiger partial charge is 0.244 e. The van der Waals surface area contributed by atoms with Crippen molar-refractivity contribution in [3.05, 3.63) is 59.4 Å². The highest BCUT2D eigenvalue weighted by Crippen LogP contribution is 2.29. The van der Waals surface area contributed by atoms with Crippen molar-refractivity contribution in [2.24, 2.45) is 0 Å². The van der Waals surface area contributed by atoms with Crippen molar-refractivity contribution >= 4 is 23.4 Å². The maximum Gasteiger partial charge on any atom is 0.244 e. The number of anilines is 3. The minimum Gasteiger partial charge on any atom is -0.489 e. The lowest BCUT2D eigenvalue weighted by atomic mass is 10.2. The number of carbonyl (C=O) groups is 1. The molecule has 2 N–H and O–H groups in total. The van der Waals surface area contributed by atoms with E-state index in [9.17, 15) is 4.79 Å². The van der Waals surface area contributed by atoms with Crippen LogP contribution in [0, 0.1) is 6.92 Å². The van der Waals surface area contributed by atoms with Crippen molar-refractivity contribution < 1.29 is 14.3 Å². The van der Waals surface area contributed by atoms with E-state index in [1.807, 2.05) is 76.0 Å². The average molecular weight is 463 g/mol. The van der Waals surface area contributed by atoms with Crippen LogP contribution in [0.2, 0.25) is 0 Å². The lowest BCUT2D eigenvalue weighted by Crippen LogP contribution is -2.36. The molecule has 1 aromatic carbocycles. The number of aromatic nitrogens is 3. The van der Waals surface area contributed by atoms with Crippen molar-refractivity contribution in [3.8, 4) is 11.6 Å². The highest BCUT2D eigenvalue weighted by Gasteiger charge is 2.23. The zero-order valence-electron chi connectivity index (χ0n) is 20.2. The van der Waals surface area contributed by atoms with Crippen LogP contribution in [0.4, 0.5) is 17.5 Å². The zero-order chi connectivity index (χ0) is 24.3. The van der Waals surface area contributed by atoms with E-state index in [0.29, 0.717) is 36.5 Å². The van der Waals surface area contributed by atoms with E-state index in [1.165, 1.54) is 0 Å². The highest BCUT2D eigenvalue weighted by atomic mass is 16.5. The summed E-state index contributed by atoms with van der Waals surface area (Å²) in [6.45, 7) is 9.09. The van der Waals surface area contributed by atoms with Gasteiger partial charge in [0, 0.05) is 31.4 Å². The second kappa shape index (κ2) is 9.54. The molecule has 3 heterocycles. The number of rotatable bonds is 7. The number of likely N-dealkylation sites (N-methyl/N-ethyl adjacent to an activating group) is 1. The summed E-state index contributed by atoms with van der Waals surface area (Å²) < 4.78 is 11.6. The van der Waals surface area contributed by atoms with E-state index < -0.39 is 0 Å². The van der Waals surface area contributed by atoms with Gasteiger partial charge in [-0.05, 0) is 51.5 Å². The number of benzene rings is 1. The molecule has 0 saturated heterocycles. The van der Waals surface area contributed by atoms with Gasteiger partial charge in [-0.1, -0.05) is 12.1 Å². The van der Waals surface area contributed by atoms with Gasteiger partial charge in [-0.2, -0.15) is 4.98 Å². The van der Waals surface area contributed by atoms with Crippen LogP contribution < -0.4 is 25.0 Å². The van der Waals surface area contributed by atoms with Crippen LogP contribution in [-0.2, 0) is 17.9 Å². The third kappa shape index (κ3) is 5.92. The zero-order valence-corrected chi connectivity index (χ0v) is 20.2. The third-order valence-electron chi connectivity index (χ3n) is 5.07. The molecule has 1 amide bonds. The fraction of sp³-hybridized carbons (Fsp3) is 0.360. The Morgan fingerprint density at radius 1 is 1.09 bits per heavy atom. The first-order valence-electron chi connectivity index (χ1n) is 11.2. The Labute approximate surface area is 199 Å². The van der Waals surface area contributed by atoms with Crippen LogP contribution in [0.3, 0.4) is 0 Å². The van der Waals surface area contributed by atoms with Crippen molar-refractivity contribution in [1.82, 2.24) is 15.0 Å². The van der Waals surface area contributed by atoms with Crippen molar-refractivity contribution in [1.29, 1.82) is 0 Å². The topological polar surface area (TPSA) is 102 Å². The first-order valence-corrected chi connectivity index (χ1v) is 11.2. The molecule has 4 rings (SSSR count). The second-order valence-corrected chi connectivity index (χ2v) is 9.24. The number of amides is 1. The van der Waals surface area contributed by atoms with Crippen LogP contribution in [0.5, 0.6) is 11.6 Å². The number of carbonyl (C=O) groups excluding carboxylic acids is 1. The summed E-state index contributed by atoms with van der Waals surface area (Å²) in [5.41, 5.74) is 3.15. The van der Waals surface area contributed by atoms with Crippen molar-refractivity contribution in [2.45, 2.75) is 46.4 Å². The molecule has 9 heteroatoms. The van der Waals surface area contributed by atoms with Crippen LogP contribution in [0.1, 0.15) is 37.6 Å². The second-order valence-electron chi connectivity index (χ2n) is 9.24. The van der Waals surface area contributed by atoms with E-state index in [-0.39, 0.29) is 18.1 Å². The molecule has 0 bridgehead atoms. The summed E-state index contributed by atoms with van der Waals surface area (Å²) in [4.78, 5) is 26.9. The molecule has 3 aromatic rings. The molecule has 0 radical (unpaired) electrons. The molecule has 0 aliphatic carbocycles. The molecule has 0 unspecified atom stereocenters. The van der Waals surface area contributed by atoms with Gasteiger partial charge < -0.3 is 25.0 Å². The van der Waals surface area contributed by atoms with Crippen molar-refractivity contribution in [3.63, 3.8) is 0 Å². The molecule has 1 aliphatic rings. The first kappa shape index (κ1) is 23.3. The first-order chi connectivity index (χ1) is 16.2. The number of ether oxygens (including phenoxy) is 2. The van der Waals surface area contributed by atoms with Gasteiger partial charge in [-0.25, -0.2) is 9.97 Å². The molecular formula is C25H30N6O3. The maximum atomic E-state index is 11.8. The summed E-state index contributed by atoms with van der Waals surface area (Å²) in [6.07, 6.45) is 1.77. The monoisotopic (exact) mass is 462 g/mol. The fourth-order valence-corrected chi connectivity index (χ4v) is 3.45. The van der Waals surface area contributed by atoms with Crippen LogP contribution in [0.25, 0.3) is 0 Å². The predicted octanol–water partition coefficient (Wildman–Crippen LogP) is 3.94. The molecule has 0 atom stereocenters. The Morgan fingerprint density at radius 3 is 2.50 bits per heavy atom. The van der Waals surface area contributed by atoms with Gasteiger partial charge in [0.15, 0.2) is 5.82 Å². The number of nitrogens with zero attached hydrogens (tertiary/aromatic N) is 4. The van der Waals surface area contributed by atoms with E-state index in [4.69, 9.17) is 9.47 Å². The molecule has 34 heavy (non-hydrogen) atoms. The lowest BCUT2D eigenvalue weighted by Gasteiger charge is -2.27. The number of hydrogen-bond acceptors (Lipinski definition) is 8. The quantitative estimate of drug-likeness (QED) is 0.545. The summed E-state index contributed by atoms with van der Waals surface area (Å²) in [5.74, 6) is 2.55. The standard InChI is InChI=1S/C25H30N6O3/c1-16-22-23(31(5)14-20(32)29-22)30-24(28-16)27-12-17-6-9-19(10-7-17)33-15-18-8-11-21(26-13-18)34-25(2,3)4/h6-11,13H,12,14-15H2,1-5H3,(H,29,32)(H,27,28,30). The highest BCUT2D eigenvalue weighted by molar-refractivity contribution is 6.00. The summed E-state index contributed by atoms with van der Waals surface area (Å²) in [6, 6.07) is 11.7.